The molecule has 0 atom stereocenters. The first-order valence-corrected chi connectivity index (χ1v) is 9.83. The van der Waals surface area contributed by atoms with Gasteiger partial charge < -0.3 is 10.2 Å². The summed E-state index contributed by atoms with van der Waals surface area (Å²) < 4.78 is 0. The Kier molecular flexibility index (Phi) is 5.03. The molecule has 9 heteroatoms. The summed E-state index contributed by atoms with van der Waals surface area (Å²) in [6.45, 7) is 3.25. The van der Waals surface area contributed by atoms with Crippen molar-refractivity contribution in [1.29, 1.82) is 0 Å². The van der Waals surface area contributed by atoms with E-state index in [-0.39, 0.29) is 24.0 Å². The highest BCUT2D eigenvalue weighted by atomic mass is 16.6. The number of carbonyl (C=O) groups is 2. The maximum absolute atomic E-state index is 12.9. The number of amides is 3. The lowest BCUT2D eigenvalue weighted by atomic mass is 9.84. The Balaban J connectivity index is 1.45. The summed E-state index contributed by atoms with van der Waals surface area (Å²) in [5.41, 5.74) is 4.84. The zero-order valence-corrected chi connectivity index (χ0v) is 16.6. The van der Waals surface area contributed by atoms with Crippen LogP contribution in [-0.2, 0) is 4.79 Å². The van der Waals surface area contributed by atoms with Gasteiger partial charge in [0.05, 0.1) is 16.9 Å². The van der Waals surface area contributed by atoms with Gasteiger partial charge in [-0.25, -0.2) is 9.80 Å². The second-order valence-corrected chi connectivity index (χ2v) is 7.83. The van der Waals surface area contributed by atoms with Gasteiger partial charge in [-0.05, 0) is 44.0 Å². The molecule has 0 saturated carbocycles. The molecule has 2 fully saturated rings. The summed E-state index contributed by atoms with van der Waals surface area (Å²) in [7, 11) is 0. The van der Waals surface area contributed by atoms with Crippen LogP contribution in [0, 0.1) is 17.0 Å². The van der Waals surface area contributed by atoms with Gasteiger partial charge >= 0.3 is 6.03 Å². The molecule has 0 unspecified atom stereocenters. The van der Waals surface area contributed by atoms with Crippen LogP contribution >= 0.6 is 0 Å². The molecule has 4 rings (SSSR count). The minimum Gasteiger partial charge on any atom is -0.371 e. The van der Waals surface area contributed by atoms with Gasteiger partial charge in [0.25, 0.3) is 5.69 Å². The molecule has 2 aromatic rings. The van der Waals surface area contributed by atoms with Crippen LogP contribution in [0.1, 0.15) is 24.8 Å². The van der Waals surface area contributed by atoms with Crippen molar-refractivity contribution in [2.24, 2.45) is 0 Å². The number of hydrogen-bond acceptors (Lipinski definition) is 5. The van der Waals surface area contributed by atoms with Gasteiger partial charge in [-0.1, -0.05) is 17.7 Å². The zero-order chi connectivity index (χ0) is 21.3. The zero-order valence-electron chi connectivity index (χ0n) is 16.6. The first-order valence-electron chi connectivity index (χ1n) is 9.83. The summed E-state index contributed by atoms with van der Waals surface area (Å²) in [4.78, 5) is 37.6. The van der Waals surface area contributed by atoms with E-state index in [1.807, 2.05) is 31.2 Å². The number of aryl methyl sites for hydroxylation is 1. The van der Waals surface area contributed by atoms with Crippen molar-refractivity contribution in [2.45, 2.75) is 31.7 Å². The number of non-ortho nitro benzene ring substituents is 1. The van der Waals surface area contributed by atoms with E-state index in [2.05, 4.69) is 15.6 Å². The van der Waals surface area contributed by atoms with Gasteiger partial charge in [0.15, 0.2) is 0 Å². The van der Waals surface area contributed by atoms with Gasteiger partial charge in [0, 0.05) is 36.6 Å². The first kappa shape index (κ1) is 19.7. The molecule has 2 N–H and O–H groups in total. The lowest BCUT2D eigenvalue weighted by molar-refractivity contribution is -0.384. The summed E-state index contributed by atoms with van der Waals surface area (Å²) in [6, 6.07) is 13.6. The fourth-order valence-electron chi connectivity index (χ4n) is 4.11. The normalized spacial score (nSPS) is 17.7. The van der Waals surface area contributed by atoms with E-state index in [1.54, 1.807) is 12.1 Å². The number of hydrazine groups is 1. The van der Waals surface area contributed by atoms with Crippen molar-refractivity contribution in [3.05, 3.63) is 64.2 Å². The minimum absolute atomic E-state index is 0.0526. The molecule has 156 valence electrons. The SMILES string of the molecule is Cc1ccc(NC(=O)N2NC(=O)CC23CCN(c2ccc([N+](=O)[O-])cc2)CC3)cc1. The number of nitro groups is 1. The molecule has 2 aliphatic heterocycles. The number of nitrogens with one attached hydrogen (secondary N) is 2. The molecule has 3 amide bonds. The number of nitro benzene ring substituents is 1. The molecular weight excluding hydrogens is 386 g/mol. The largest absolute Gasteiger partial charge is 0.371 e. The maximum atomic E-state index is 12.9. The first-order chi connectivity index (χ1) is 14.4. The van der Waals surface area contributed by atoms with Crippen molar-refractivity contribution in [3.8, 4) is 0 Å². The monoisotopic (exact) mass is 409 g/mol. The smallest absolute Gasteiger partial charge is 0.341 e. The fourth-order valence-corrected chi connectivity index (χ4v) is 4.11. The molecule has 0 bridgehead atoms. The third kappa shape index (κ3) is 3.78. The second-order valence-electron chi connectivity index (χ2n) is 7.83. The molecule has 30 heavy (non-hydrogen) atoms. The molecule has 2 saturated heterocycles. The van der Waals surface area contributed by atoms with E-state index in [1.165, 1.54) is 17.1 Å². The van der Waals surface area contributed by atoms with Crippen molar-refractivity contribution >= 4 is 29.0 Å². The van der Waals surface area contributed by atoms with Crippen molar-refractivity contribution < 1.29 is 14.5 Å². The standard InChI is InChI=1S/C21H23N5O4/c1-15-2-4-16(5-3-15)22-20(28)25-21(14-19(27)23-25)10-12-24(13-11-21)17-6-8-18(9-7-17)26(29)30/h2-9H,10-14H2,1H3,(H,22,28)(H,23,27). The van der Waals surface area contributed by atoms with E-state index in [9.17, 15) is 19.7 Å². The summed E-state index contributed by atoms with van der Waals surface area (Å²) >= 11 is 0. The number of hydrogen-bond donors (Lipinski definition) is 2. The van der Waals surface area contributed by atoms with Crippen LogP contribution in [0.4, 0.5) is 21.9 Å². The van der Waals surface area contributed by atoms with Crippen LogP contribution in [0.15, 0.2) is 48.5 Å². The Labute approximate surface area is 173 Å². The Hall–Kier alpha value is -3.62. The highest BCUT2D eigenvalue weighted by Gasteiger charge is 2.49. The third-order valence-electron chi connectivity index (χ3n) is 5.83. The molecule has 2 aromatic carbocycles. The molecule has 2 heterocycles. The fraction of sp³-hybridized carbons (Fsp3) is 0.333. The van der Waals surface area contributed by atoms with E-state index in [0.717, 1.165) is 11.3 Å². The minimum atomic E-state index is -0.580. The van der Waals surface area contributed by atoms with E-state index in [4.69, 9.17) is 0 Å². The summed E-state index contributed by atoms with van der Waals surface area (Å²) in [5.74, 6) is -0.169. The van der Waals surface area contributed by atoms with Crippen molar-refractivity contribution in [1.82, 2.24) is 10.4 Å². The molecule has 0 aromatic heterocycles. The van der Waals surface area contributed by atoms with Gasteiger partial charge in [-0.3, -0.25) is 20.3 Å². The summed E-state index contributed by atoms with van der Waals surface area (Å²) in [5, 5.41) is 15.2. The molecule has 9 nitrogen and oxygen atoms in total. The number of anilines is 2. The number of rotatable bonds is 3. The Bertz CT molecular complexity index is 966. The third-order valence-corrected chi connectivity index (χ3v) is 5.83. The van der Waals surface area contributed by atoms with Crippen LogP contribution in [-0.4, -0.2) is 40.5 Å². The quantitative estimate of drug-likeness (QED) is 0.598. The van der Waals surface area contributed by atoms with Gasteiger partial charge in [-0.2, -0.15) is 0 Å². The highest BCUT2D eigenvalue weighted by Crippen LogP contribution is 2.37. The van der Waals surface area contributed by atoms with Crippen LogP contribution in [0.2, 0.25) is 0 Å². The number of nitrogens with zero attached hydrogens (tertiary/aromatic N) is 3. The Morgan fingerprint density at radius 3 is 2.33 bits per heavy atom. The highest BCUT2D eigenvalue weighted by molar-refractivity contribution is 5.94. The number of benzene rings is 2. The number of piperidine rings is 1. The second kappa shape index (κ2) is 7.66. The Morgan fingerprint density at radius 2 is 1.73 bits per heavy atom. The molecule has 2 aliphatic rings. The van der Waals surface area contributed by atoms with Crippen LogP contribution < -0.4 is 15.6 Å². The lowest BCUT2D eigenvalue weighted by Crippen LogP contribution is -2.58. The Morgan fingerprint density at radius 1 is 1.10 bits per heavy atom. The van der Waals surface area contributed by atoms with Crippen LogP contribution in [0.5, 0.6) is 0 Å². The van der Waals surface area contributed by atoms with Crippen molar-refractivity contribution in [3.63, 3.8) is 0 Å². The summed E-state index contributed by atoms with van der Waals surface area (Å²) in [6.07, 6.45) is 1.50. The predicted octanol–water partition coefficient (Wildman–Crippen LogP) is 3.21. The van der Waals surface area contributed by atoms with Crippen LogP contribution in [0.25, 0.3) is 0 Å². The molecule has 1 spiro atoms. The van der Waals surface area contributed by atoms with Gasteiger partial charge in [0.2, 0.25) is 5.91 Å². The average Bonchev–Trinajstić information content (AvgIpc) is 3.06. The average molecular weight is 409 g/mol. The molecule has 0 radical (unpaired) electrons. The maximum Gasteiger partial charge on any atom is 0.341 e. The number of urea groups is 1. The van der Waals surface area contributed by atoms with Crippen molar-refractivity contribution in [2.75, 3.05) is 23.3 Å². The van der Waals surface area contributed by atoms with E-state index >= 15 is 0 Å². The molecular formula is C21H23N5O4. The van der Waals surface area contributed by atoms with Gasteiger partial charge in [-0.15, -0.1) is 0 Å². The van der Waals surface area contributed by atoms with Gasteiger partial charge in [0.1, 0.15) is 0 Å². The topological polar surface area (TPSA) is 108 Å². The van der Waals surface area contributed by atoms with E-state index < -0.39 is 10.5 Å². The van der Waals surface area contributed by atoms with Crippen LogP contribution in [0.3, 0.4) is 0 Å². The molecule has 0 aliphatic carbocycles. The number of carbonyl (C=O) groups excluding carboxylic acids is 2. The van der Waals surface area contributed by atoms with E-state index in [0.29, 0.717) is 31.6 Å². The predicted molar refractivity (Wildman–Crippen MR) is 112 cm³/mol. The lowest BCUT2D eigenvalue weighted by Gasteiger charge is -2.43.